The molecule has 0 atom stereocenters. The van der Waals surface area contributed by atoms with E-state index in [1.807, 2.05) is 20.8 Å². The van der Waals surface area contributed by atoms with Crippen LogP contribution in [0.3, 0.4) is 0 Å². The minimum absolute atomic E-state index is 0.0262. The molecule has 0 radical (unpaired) electrons. The van der Waals surface area contributed by atoms with E-state index < -0.39 is 11.4 Å². The van der Waals surface area contributed by atoms with Gasteiger partial charge in [-0.15, -0.1) is 0 Å². The maximum absolute atomic E-state index is 12.9. The van der Waals surface area contributed by atoms with Gasteiger partial charge in [-0.3, -0.25) is 4.79 Å². The summed E-state index contributed by atoms with van der Waals surface area (Å²) in [7, 11) is 0. The van der Waals surface area contributed by atoms with Gasteiger partial charge in [0, 0.05) is 23.5 Å². The molecule has 0 spiro atoms. The molecule has 0 saturated heterocycles. The summed E-state index contributed by atoms with van der Waals surface area (Å²) in [5.74, 6) is -1.02. The molecule has 1 heterocycles. The zero-order valence-electron chi connectivity index (χ0n) is 15.1. The molecule has 0 fully saturated rings. The van der Waals surface area contributed by atoms with E-state index in [1.54, 1.807) is 0 Å². The largest absolute Gasteiger partial charge is 0.618 e. The van der Waals surface area contributed by atoms with Crippen molar-refractivity contribution in [1.82, 2.24) is 0 Å². The molecule has 0 bridgehead atoms. The quantitative estimate of drug-likeness (QED) is 0.185. The van der Waals surface area contributed by atoms with Crippen molar-refractivity contribution < 1.29 is 24.2 Å². The molecular weight excluding hydrogens is 440 g/mol. The first-order chi connectivity index (χ1) is 12.5. The van der Waals surface area contributed by atoms with Crippen LogP contribution in [0.15, 0.2) is 40.1 Å². The van der Waals surface area contributed by atoms with Crippen LogP contribution in [-0.2, 0) is 4.84 Å². The summed E-state index contributed by atoms with van der Waals surface area (Å²) in [5, 5.41) is 26.4. The van der Waals surface area contributed by atoms with Gasteiger partial charge in [-0.2, -0.15) is 4.73 Å². The number of carbonyl (C=O) groups excluding carboxylic acids is 1. The minimum Gasteiger partial charge on any atom is -0.618 e. The number of benzene rings is 1. The number of rotatable bonds is 4. The third-order valence-corrected chi connectivity index (χ3v) is 4.32. The Labute approximate surface area is 169 Å². The first kappa shape index (κ1) is 21.0. The third kappa shape index (κ3) is 5.33. The van der Waals surface area contributed by atoms with Crippen LogP contribution < -0.4 is 9.47 Å². The standard InChI is InChI=1S/C18H18BrClN2O5/c1-10(21-27-18(2,3)4)26-15-6-5-7-22(25)16(15)17(24)11-8-12(19)13(20)9-14(11)23/h5-9,23H,1-4H3. The average molecular weight is 458 g/mol. The Balaban J connectivity index is 2.44. The summed E-state index contributed by atoms with van der Waals surface area (Å²) >= 11 is 9.09. The van der Waals surface area contributed by atoms with Gasteiger partial charge in [0.15, 0.2) is 6.20 Å². The second-order valence-corrected chi connectivity index (χ2v) is 7.84. The second-order valence-electron chi connectivity index (χ2n) is 6.58. The highest BCUT2D eigenvalue weighted by atomic mass is 79.9. The first-order valence-electron chi connectivity index (χ1n) is 7.85. The molecule has 0 aliphatic rings. The van der Waals surface area contributed by atoms with Crippen molar-refractivity contribution in [3.63, 3.8) is 0 Å². The molecule has 0 aliphatic carbocycles. The number of halogens is 2. The molecule has 0 saturated carbocycles. The number of aromatic nitrogens is 1. The Morgan fingerprint density at radius 3 is 2.67 bits per heavy atom. The Morgan fingerprint density at radius 1 is 1.37 bits per heavy atom. The van der Waals surface area contributed by atoms with E-state index in [0.29, 0.717) is 9.20 Å². The van der Waals surface area contributed by atoms with E-state index in [-0.39, 0.29) is 33.7 Å². The van der Waals surface area contributed by atoms with Crippen molar-refractivity contribution >= 4 is 39.2 Å². The Bertz CT molecular complexity index is 909. The number of carbonyl (C=O) groups is 1. The van der Waals surface area contributed by atoms with Crippen LogP contribution in [0.25, 0.3) is 0 Å². The lowest BCUT2D eigenvalue weighted by Gasteiger charge is -2.16. The lowest BCUT2D eigenvalue weighted by Crippen LogP contribution is -2.35. The maximum atomic E-state index is 12.9. The van der Waals surface area contributed by atoms with E-state index in [1.165, 1.54) is 31.2 Å². The van der Waals surface area contributed by atoms with E-state index in [4.69, 9.17) is 21.2 Å². The molecule has 0 amide bonds. The minimum atomic E-state index is -0.736. The first-order valence-corrected chi connectivity index (χ1v) is 9.02. The molecule has 0 unspecified atom stereocenters. The van der Waals surface area contributed by atoms with Crippen LogP contribution in [0.2, 0.25) is 5.02 Å². The number of aromatic hydroxyl groups is 1. The van der Waals surface area contributed by atoms with E-state index >= 15 is 0 Å². The number of hydrogen-bond donors (Lipinski definition) is 1. The molecule has 1 aromatic heterocycles. The molecule has 9 heteroatoms. The zero-order chi connectivity index (χ0) is 20.4. The van der Waals surface area contributed by atoms with Gasteiger partial charge >= 0.3 is 5.69 Å². The monoisotopic (exact) mass is 456 g/mol. The SMILES string of the molecule is CC(=NOC(C)(C)C)Oc1ccc[n+]([O-])c1C(=O)c1cc(Br)c(Cl)cc1O. The normalized spacial score (nSPS) is 12.0. The molecule has 1 N–H and O–H groups in total. The lowest BCUT2D eigenvalue weighted by molar-refractivity contribution is -0.607. The summed E-state index contributed by atoms with van der Waals surface area (Å²) in [5.41, 5.74) is -0.945. The van der Waals surface area contributed by atoms with Gasteiger partial charge < -0.3 is 19.9 Å². The topological polar surface area (TPSA) is 95.1 Å². The highest BCUT2D eigenvalue weighted by Gasteiger charge is 2.28. The molecule has 2 aromatic rings. The van der Waals surface area contributed by atoms with Crippen molar-refractivity contribution in [3.8, 4) is 11.5 Å². The van der Waals surface area contributed by atoms with Gasteiger partial charge in [-0.05, 0) is 48.8 Å². The number of nitrogens with zero attached hydrogens (tertiary/aromatic N) is 2. The Morgan fingerprint density at radius 2 is 2.04 bits per heavy atom. The van der Waals surface area contributed by atoms with E-state index in [2.05, 4.69) is 21.1 Å². The summed E-state index contributed by atoms with van der Waals surface area (Å²) in [6, 6.07) is 5.41. The number of ether oxygens (including phenoxy) is 1. The van der Waals surface area contributed by atoms with Crippen LogP contribution in [-0.4, -0.2) is 22.4 Å². The van der Waals surface area contributed by atoms with E-state index in [0.717, 1.165) is 6.20 Å². The summed E-state index contributed by atoms with van der Waals surface area (Å²) < 4.78 is 6.28. The van der Waals surface area contributed by atoms with Crippen molar-refractivity contribution in [1.29, 1.82) is 0 Å². The van der Waals surface area contributed by atoms with Gasteiger partial charge in [0.2, 0.25) is 11.6 Å². The van der Waals surface area contributed by atoms with Crippen molar-refractivity contribution in [2.75, 3.05) is 0 Å². The molecule has 2 rings (SSSR count). The van der Waals surface area contributed by atoms with E-state index in [9.17, 15) is 15.1 Å². The Hall–Kier alpha value is -2.32. The fraction of sp³-hybridized carbons (Fsp3) is 0.278. The summed E-state index contributed by atoms with van der Waals surface area (Å²) in [6.07, 6.45) is 1.15. The summed E-state index contributed by atoms with van der Waals surface area (Å²) in [6.45, 7) is 6.97. The number of oxime groups is 1. The molecule has 144 valence electrons. The molecule has 7 nitrogen and oxygen atoms in total. The van der Waals surface area contributed by atoms with Crippen LogP contribution in [0.5, 0.6) is 11.5 Å². The van der Waals surface area contributed by atoms with Crippen LogP contribution >= 0.6 is 27.5 Å². The highest BCUT2D eigenvalue weighted by Crippen LogP contribution is 2.32. The van der Waals surface area contributed by atoms with Crippen molar-refractivity contribution in [2.45, 2.75) is 33.3 Å². The van der Waals surface area contributed by atoms with Gasteiger partial charge in [0.25, 0.3) is 5.78 Å². The number of phenolic OH excluding ortho intramolecular Hbond substituents is 1. The fourth-order valence-corrected chi connectivity index (χ4v) is 2.49. The fourth-order valence-electron chi connectivity index (χ4n) is 1.99. The van der Waals surface area contributed by atoms with Gasteiger partial charge in [0.05, 0.1) is 10.6 Å². The Kier molecular flexibility index (Phi) is 6.33. The maximum Gasteiger partial charge on any atom is 0.308 e. The van der Waals surface area contributed by atoms with Crippen molar-refractivity contribution in [2.24, 2.45) is 5.16 Å². The predicted molar refractivity (Wildman–Crippen MR) is 104 cm³/mol. The number of ketones is 1. The van der Waals surface area contributed by atoms with Crippen LogP contribution in [0, 0.1) is 5.21 Å². The zero-order valence-corrected chi connectivity index (χ0v) is 17.5. The average Bonchev–Trinajstić information content (AvgIpc) is 2.55. The summed E-state index contributed by atoms with van der Waals surface area (Å²) in [4.78, 5) is 18.1. The van der Waals surface area contributed by atoms with Gasteiger partial charge in [0.1, 0.15) is 11.4 Å². The number of pyridine rings is 1. The van der Waals surface area contributed by atoms with Crippen LogP contribution in [0.1, 0.15) is 43.7 Å². The smallest absolute Gasteiger partial charge is 0.308 e. The molecule has 0 aliphatic heterocycles. The lowest BCUT2D eigenvalue weighted by atomic mass is 10.1. The third-order valence-electron chi connectivity index (χ3n) is 3.13. The molecular formula is C18H18BrClN2O5. The van der Waals surface area contributed by atoms with Gasteiger partial charge in [-0.25, -0.2) is 0 Å². The predicted octanol–water partition coefficient (Wildman–Crippen LogP) is 4.20. The van der Waals surface area contributed by atoms with Gasteiger partial charge in [-0.1, -0.05) is 16.8 Å². The number of phenols is 1. The molecule has 27 heavy (non-hydrogen) atoms. The van der Waals surface area contributed by atoms with Crippen LogP contribution in [0.4, 0.5) is 0 Å². The second kappa shape index (κ2) is 8.14. The van der Waals surface area contributed by atoms with Crippen molar-refractivity contribution in [3.05, 3.63) is 56.4 Å². The highest BCUT2D eigenvalue weighted by molar-refractivity contribution is 9.10. The molecule has 1 aromatic carbocycles. The number of hydrogen-bond acceptors (Lipinski definition) is 6.